The Morgan fingerprint density at radius 1 is 1.29 bits per heavy atom. The predicted molar refractivity (Wildman–Crippen MR) is 145 cm³/mol. The molecule has 6 N–H and O–H groups in total. The number of imidazole rings is 1. The van der Waals surface area contributed by atoms with E-state index in [0.717, 1.165) is 0 Å². The standard InChI is InChI=1S/C22H29ClN7O6PS/c1-11(2)34-21(32)12(3)29-37(38,36-13-7-5-4-6-8-13)33-9-14-17(31)15(23)20(35-14)30-10-26-16-18(24)27-22(25)28-19(16)30/h4-8,10-12,14-15,17,20,31H,9H2,1-3H3,(H,29,38)(H4,24,25,27,28)/t12?,14-,15-,17-,20-,37?/m1/s1. The highest BCUT2D eigenvalue weighted by Gasteiger charge is 2.45. The van der Waals surface area contributed by atoms with Gasteiger partial charge in [-0.3, -0.25) is 9.36 Å². The Balaban J connectivity index is 1.51. The quantitative estimate of drug-likeness (QED) is 0.154. The molecule has 38 heavy (non-hydrogen) atoms. The zero-order valence-electron chi connectivity index (χ0n) is 20.8. The molecule has 0 saturated carbocycles. The van der Waals surface area contributed by atoms with Gasteiger partial charge >= 0.3 is 12.6 Å². The number of benzene rings is 1. The Morgan fingerprint density at radius 2 is 2.00 bits per heavy atom. The van der Waals surface area contributed by atoms with Crippen molar-refractivity contribution in [2.24, 2.45) is 0 Å². The van der Waals surface area contributed by atoms with E-state index in [1.54, 1.807) is 45.0 Å². The second kappa shape index (κ2) is 11.7. The molecule has 4 rings (SSSR count). The molecule has 0 spiro atoms. The van der Waals surface area contributed by atoms with Gasteiger partial charge in [-0.05, 0) is 44.7 Å². The van der Waals surface area contributed by atoms with Crippen LogP contribution in [0.1, 0.15) is 27.0 Å². The second-order valence-electron chi connectivity index (χ2n) is 8.83. The van der Waals surface area contributed by atoms with Crippen molar-refractivity contribution in [1.29, 1.82) is 0 Å². The van der Waals surface area contributed by atoms with Crippen molar-refractivity contribution in [1.82, 2.24) is 24.6 Å². The van der Waals surface area contributed by atoms with Crippen molar-refractivity contribution < 1.29 is 28.4 Å². The van der Waals surface area contributed by atoms with Gasteiger partial charge in [0.05, 0.1) is 19.0 Å². The van der Waals surface area contributed by atoms with Crippen LogP contribution in [0.15, 0.2) is 36.7 Å². The first-order valence-corrected chi connectivity index (χ1v) is 14.8. The van der Waals surface area contributed by atoms with E-state index in [9.17, 15) is 9.90 Å². The summed E-state index contributed by atoms with van der Waals surface area (Å²) in [7, 11) is 0. The first-order valence-electron chi connectivity index (χ1n) is 11.7. The minimum absolute atomic E-state index is 0.0451. The van der Waals surface area contributed by atoms with E-state index in [1.807, 2.05) is 6.07 Å². The summed E-state index contributed by atoms with van der Waals surface area (Å²) in [5.74, 6) is -0.0180. The summed E-state index contributed by atoms with van der Waals surface area (Å²) in [5.41, 5.74) is 12.3. The van der Waals surface area contributed by atoms with Crippen molar-refractivity contribution in [3.63, 3.8) is 0 Å². The summed E-state index contributed by atoms with van der Waals surface area (Å²) >= 11 is 12.3. The summed E-state index contributed by atoms with van der Waals surface area (Å²) in [6, 6.07) is 7.95. The van der Waals surface area contributed by atoms with Crippen LogP contribution in [0, 0.1) is 0 Å². The van der Waals surface area contributed by atoms with E-state index in [-0.39, 0.29) is 24.5 Å². The first-order chi connectivity index (χ1) is 18.0. The number of hydrogen-bond acceptors (Lipinski definition) is 12. The Morgan fingerprint density at radius 3 is 2.68 bits per heavy atom. The fourth-order valence-corrected chi connectivity index (χ4v) is 6.47. The number of anilines is 2. The second-order valence-corrected chi connectivity index (χ2v) is 12.5. The molecule has 1 saturated heterocycles. The van der Waals surface area contributed by atoms with E-state index in [2.05, 4.69) is 20.0 Å². The van der Waals surface area contributed by atoms with Gasteiger partial charge in [-0.25, -0.2) is 10.1 Å². The maximum Gasteiger partial charge on any atom is 0.323 e. The van der Waals surface area contributed by atoms with Gasteiger partial charge in [0.25, 0.3) is 0 Å². The minimum atomic E-state index is -3.35. The lowest BCUT2D eigenvalue weighted by Gasteiger charge is -2.28. The minimum Gasteiger partial charge on any atom is -0.462 e. The lowest BCUT2D eigenvalue weighted by atomic mass is 10.2. The van der Waals surface area contributed by atoms with Crippen molar-refractivity contribution in [3.8, 4) is 5.75 Å². The monoisotopic (exact) mass is 585 g/mol. The number of nitrogens with zero attached hydrogens (tertiary/aromatic N) is 4. The van der Waals surface area contributed by atoms with Crippen molar-refractivity contribution in [3.05, 3.63) is 36.7 Å². The van der Waals surface area contributed by atoms with Gasteiger partial charge in [0.15, 0.2) is 17.7 Å². The number of nitrogens with one attached hydrogen (secondary N) is 1. The molecule has 1 fully saturated rings. The lowest BCUT2D eigenvalue weighted by Crippen LogP contribution is -2.37. The Labute approximate surface area is 229 Å². The number of hydrogen-bond donors (Lipinski definition) is 4. The van der Waals surface area contributed by atoms with Gasteiger partial charge in [0, 0.05) is 0 Å². The topological polar surface area (TPSA) is 182 Å². The fraction of sp³-hybridized carbons (Fsp3) is 0.455. The Bertz CT molecular complexity index is 1330. The third-order valence-electron chi connectivity index (χ3n) is 5.47. The molecule has 2 unspecified atom stereocenters. The molecule has 6 atom stereocenters. The van der Waals surface area contributed by atoms with E-state index in [0.29, 0.717) is 16.9 Å². The van der Waals surface area contributed by atoms with Crippen LogP contribution >= 0.6 is 18.2 Å². The smallest absolute Gasteiger partial charge is 0.323 e. The maximum absolute atomic E-state index is 12.4. The summed E-state index contributed by atoms with van der Waals surface area (Å²) in [5, 5.41) is 12.9. The van der Waals surface area contributed by atoms with E-state index in [1.165, 1.54) is 10.9 Å². The van der Waals surface area contributed by atoms with Crippen molar-refractivity contribution in [2.75, 3.05) is 18.1 Å². The zero-order valence-corrected chi connectivity index (χ0v) is 23.3. The van der Waals surface area contributed by atoms with Crippen LogP contribution < -0.4 is 21.1 Å². The predicted octanol–water partition coefficient (Wildman–Crippen LogP) is 2.11. The molecule has 1 aromatic carbocycles. The zero-order chi connectivity index (χ0) is 27.6. The number of aromatic nitrogens is 4. The number of rotatable bonds is 10. The van der Waals surface area contributed by atoms with Gasteiger partial charge < -0.3 is 35.1 Å². The van der Waals surface area contributed by atoms with Gasteiger partial charge in [0.2, 0.25) is 5.95 Å². The third kappa shape index (κ3) is 6.34. The molecule has 3 aromatic rings. The normalized spacial score (nSPS) is 23.8. The number of fused-ring (bicyclic) bond motifs is 1. The van der Waals surface area contributed by atoms with E-state index < -0.39 is 42.5 Å². The number of aliphatic hydroxyl groups excluding tert-OH is 1. The van der Waals surface area contributed by atoms with Crippen molar-refractivity contribution >= 4 is 58.9 Å². The molecule has 3 heterocycles. The molecule has 1 aliphatic heterocycles. The molecule has 0 bridgehead atoms. The summed E-state index contributed by atoms with van der Waals surface area (Å²) in [6.45, 7) is 1.53. The van der Waals surface area contributed by atoms with Gasteiger partial charge in [-0.15, -0.1) is 11.6 Å². The molecule has 0 radical (unpaired) electrons. The average molecular weight is 586 g/mol. The first kappa shape index (κ1) is 28.4. The largest absolute Gasteiger partial charge is 0.462 e. The van der Waals surface area contributed by atoms with Crippen LogP contribution in [0.3, 0.4) is 0 Å². The molecular formula is C22H29ClN7O6PS. The molecular weight excluding hydrogens is 557 g/mol. The third-order valence-corrected chi connectivity index (χ3v) is 8.44. The van der Waals surface area contributed by atoms with Crippen LogP contribution in [0.5, 0.6) is 5.75 Å². The highest BCUT2D eigenvalue weighted by atomic mass is 35.5. The molecule has 0 amide bonds. The Kier molecular flexibility index (Phi) is 8.72. The lowest BCUT2D eigenvalue weighted by molar-refractivity contribution is -0.149. The number of halogens is 1. The number of ether oxygens (including phenoxy) is 2. The van der Waals surface area contributed by atoms with Gasteiger partial charge in [-0.1, -0.05) is 18.2 Å². The van der Waals surface area contributed by atoms with Gasteiger partial charge in [-0.2, -0.15) is 9.97 Å². The molecule has 1 aliphatic rings. The van der Waals surface area contributed by atoms with Crippen LogP contribution in [0.25, 0.3) is 11.2 Å². The van der Waals surface area contributed by atoms with Crippen LogP contribution in [-0.4, -0.2) is 66.9 Å². The van der Waals surface area contributed by atoms with E-state index >= 15 is 0 Å². The molecule has 13 nitrogen and oxygen atoms in total. The SMILES string of the molecule is CC(C)OC(=O)C(C)NP(=S)(OC[C@H]1O[C@@H](n2cnc3c(N)nc(N)nc32)[C@H](Cl)[C@@H]1O)Oc1ccccc1. The number of aliphatic hydroxyl groups is 1. The molecule has 16 heteroatoms. The summed E-state index contributed by atoms with van der Waals surface area (Å²) in [4.78, 5) is 24.7. The molecule has 0 aliphatic carbocycles. The number of nitrogen functional groups attached to an aromatic ring is 2. The number of para-hydroxylation sites is 1. The number of carbonyl (C=O) groups excluding carboxylic acids is 1. The maximum atomic E-state index is 12.4. The van der Waals surface area contributed by atoms with Crippen LogP contribution in [-0.2, 0) is 30.6 Å². The fourth-order valence-electron chi connectivity index (χ4n) is 3.71. The van der Waals surface area contributed by atoms with E-state index in [4.69, 9.17) is 53.4 Å². The summed E-state index contributed by atoms with van der Waals surface area (Å²) in [6.07, 6.45) is -1.82. The van der Waals surface area contributed by atoms with Crippen LogP contribution in [0.4, 0.5) is 11.8 Å². The number of nitrogens with two attached hydrogens (primary N) is 2. The number of carbonyl (C=O) groups is 1. The number of esters is 1. The molecule has 206 valence electrons. The van der Waals surface area contributed by atoms with Crippen LogP contribution in [0.2, 0.25) is 0 Å². The number of alkyl halides is 1. The van der Waals surface area contributed by atoms with Gasteiger partial charge in [0.1, 0.15) is 34.9 Å². The molecule has 2 aromatic heterocycles. The highest BCUT2D eigenvalue weighted by Crippen LogP contribution is 2.46. The Hall–Kier alpha value is -2.58. The van der Waals surface area contributed by atoms with Crippen molar-refractivity contribution in [2.45, 2.75) is 56.7 Å². The average Bonchev–Trinajstić information content (AvgIpc) is 3.39. The highest BCUT2D eigenvalue weighted by molar-refractivity contribution is 8.09. The summed E-state index contributed by atoms with van der Waals surface area (Å²) < 4.78 is 24.8.